The molecule has 0 radical (unpaired) electrons. The molecule has 3 heteroatoms. The van der Waals surface area contributed by atoms with Gasteiger partial charge in [-0.25, -0.2) is 0 Å². The Kier molecular flexibility index (Phi) is 2.94. The molecule has 132 valence electrons. The van der Waals surface area contributed by atoms with Gasteiger partial charge in [0.15, 0.2) is 5.78 Å². The zero-order valence-corrected chi connectivity index (χ0v) is 15.2. The minimum atomic E-state index is -0.175. The van der Waals surface area contributed by atoms with Crippen molar-refractivity contribution in [1.29, 1.82) is 0 Å². The minimum absolute atomic E-state index is 0.0327. The van der Waals surface area contributed by atoms with Gasteiger partial charge in [-0.3, -0.25) is 4.79 Å². The van der Waals surface area contributed by atoms with E-state index in [0.717, 1.165) is 44.1 Å². The fourth-order valence-electron chi connectivity index (χ4n) is 7.77. The Hall–Kier alpha value is -0.670. The monoisotopic (exact) mass is 330 g/mol. The van der Waals surface area contributed by atoms with E-state index in [1.54, 1.807) is 6.92 Å². The number of hydrogen-bond donors (Lipinski definition) is 1. The lowest BCUT2D eigenvalue weighted by Gasteiger charge is -2.58. The summed E-state index contributed by atoms with van der Waals surface area (Å²) in [6.45, 7) is 6.54. The molecule has 1 aliphatic heterocycles. The molecule has 1 saturated heterocycles. The quantitative estimate of drug-likeness (QED) is 0.747. The number of aliphatic hydroxyl groups is 1. The van der Waals surface area contributed by atoms with Crippen LogP contribution >= 0.6 is 0 Å². The summed E-state index contributed by atoms with van der Waals surface area (Å²) in [5.41, 5.74) is 1.38. The highest BCUT2D eigenvalue weighted by Crippen LogP contribution is 2.73. The van der Waals surface area contributed by atoms with Gasteiger partial charge in [0.1, 0.15) is 5.60 Å². The fraction of sp³-hybridized carbons (Fsp3) is 0.857. The normalized spacial score (nSPS) is 58.0. The highest BCUT2D eigenvalue weighted by molar-refractivity contribution is 5.95. The van der Waals surface area contributed by atoms with Gasteiger partial charge in [0.2, 0.25) is 0 Å². The number of carbonyl (C=O) groups is 1. The molecule has 1 N–H and O–H groups in total. The first-order valence-electron chi connectivity index (χ1n) is 9.89. The number of Topliss-reactive ketones (excluding diaryl/α,β-unsaturated/α-hetero) is 1. The van der Waals surface area contributed by atoms with Gasteiger partial charge in [-0.05, 0) is 74.2 Å². The van der Waals surface area contributed by atoms with Crippen molar-refractivity contribution in [1.82, 2.24) is 0 Å². The molecular formula is C21H30O3. The fourth-order valence-corrected chi connectivity index (χ4v) is 7.77. The summed E-state index contributed by atoms with van der Waals surface area (Å²) in [5.74, 6) is 2.26. The molecule has 0 aromatic carbocycles. The Morgan fingerprint density at radius 1 is 1.25 bits per heavy atom. The molecule has 24 heavy (non-hydrogen) atoms. The first-order valence-corrected chi connectivity index (χ1v) is 9.89. The van der Waals surface area contributed by atoms with Crippen molar-refractivity contribution in [3.8, 4) is 0 Å². The average Bonchev–Trinajstić information content (AvgIpc) is 3.08. The van der Waals surface area contributed by atoms with Crippen LogP contribution in [0.4, 0.5) is 0 Å². The van der Waals surface area contributed by atoms with Crippen LogP contribution in [-0.2, 0) is 9.53 Å². The third kappa shape index (κ3) is 1.64. The van der Waals surface area contributed by atoms with Crippen molar-refractivity contribution in [2.75, 3.05) is 0 Å². The minimum Gasteiger partial charge on any atom is -0.393 e. The van der Waals surface area contributed by atoms with Crippen molar-refractivity contribution in [3.63, 3.8) is 0 Å². The summed E-state index contributed by atoms with van der Waals surface area (Å²) in [6, 6.07) is 0. The van der Waals surface area contributed by atoms with Gasteiger partial charge in [-0.2, -0.15) is 0 Å². The summed E-state index contributed by atoms with van der Waals surface area (Å²) in [4.78, 5) is 12.1. The lowest BCUT2D eigenvalue weighted by Crippen LogP contribution is -2.58. The number of epoxide rings is 1. The number of carbonyl (C=O) groups excluding carboxylic acids is 1. The van der Waals surface area contributed by atoms with Gasteiger partial charge >= 0.3 is 0 Å². The van der Waals surface area contributed by atoms with Crippen LogP contribution < -0.4 is 0 Å². The van der Waals surface area contributed by atoms with Crippen LogP contribution in [0.1, 0.15) is 65.7 Å². The molecule has 0 aromatic heterocycles. The summed E-state index contributed by atoms with van der Waals surface area (Å²) < 4.78 is 6.35. The Morgan fingerprint density at radius 2 is 2.04 bits per heavy atom. The van der Waals surface area contributed by atoms with Crippen LogP contribution in [0.3, 0.4) is 0 Å². The summed E-state index contributed by atoms with van der Waals surface area (Å²) in [5, 5.41) is 10.2. The number of ether oxygens (including phenoxy) is 1. The molecular weight excluding hydrogens is 300 g/mol. The van der Waals surface area contributed by atoms with Gasteiger partial charge in [-0.15, -0.1) is 0 Å². The number of aliphatic hydroxyl groups excluding tert-OH is 1. The van der Waals surface area contributed by atoms with E-state index in [4.69, 9.17) is 4.74 Å². The van der Waals surface area contributed by atoms with Crippen molar-refractivity contribution < 1.29 is 14.6 Å². The van der Waals surface area contributed by atoms with Crippen LogP contribution in [0.25, 0.3) is 0 Å². The maximum absolute atomic E-state index is 12.1. The SMILES string of the molecule is CC(=O)C1=CC[C@@H]2[C@@H]3C[C@@H]4O[C@@]45C[C@H](O)CC[C@]5(C)[C@H]3CC[C@@]12C. The third-order valence-electron chi connectivity index (χ3n) is 9.02. The first kappa shape index (κ1) is 15.6. The standard InChI is InChI=1S/C21H30O3/c1-12(22)15-4-5-16-14-10-18-21(24-18)11-13(23)6-9-20(21,3)17(14)7-8-19(15,16)2/h4,13-14,16-18,23H,5-11H2,1-3H3/t13-,14+,16-,17+,18+,19+,20-,21+/m1/s1. The van der Waals surface area contributed by atoms with Crippen LogP contribution in [0.2, 0.25) is 0 Å². The number of hydrogen-bond acceptors (Lipinski definition) is 3. The molecule has 0 bridgehead atoms. The largest absolute Gasteiger partial charge is 0.393 e. The molecule has 5 rings (SSSR count). The topological polar surface area (TPSA) is 49.8 Å². The van der Waals surface area contributed by atoms with E-state index < -0.39 is 0 Å². The van der Waals surface area contributed by atoms with Gasteiger partial charge in [-0.1, -0.05) is 19.9 Å². The summed E-state index contributed by atoms with van der Waals surface area (Å²) in [7, 11) is 0. The number of rotatable bonds is 1. The Balaban J connectivity index is 1.50. The predicted molar refractivity (Wildman–Crippen MR) is 91.4 cm³/mol. The highest BCUT2D eigenvalue weighted by atomic mass is 16.6. The zero-order chi connectivity index (χ0) is 16.9. The molecule has 0 amide bonds. The van der Waals surface area contributed by atoms with Crippen LogP contribution in [0, 0.1) is 28.6 Å². The second-order valence-corrected chi connectivity index (χ2v) is 9.79. The number of ketones is 1. The Labute approximate surface area is 144 Å². The molecule has 5 aliphatic rings. The van der Waals surface area contributed by atoms with Crippen LogP contribution in [0.5, 0.6) is 0 Å². The summed E-state index contributed by atoms with van der Waals surface area (Å²) >= 11 is 0. The van der Waals surface area contributed by atoms with E-state index in [1.807, 2.05) is 0 Å². The van der Waals surface area contributed by atoms with Gasteiger partial charge in [0.05, 0.1) is 12.2 Å². The second kappa shape index (κ2) is 4.54. The van der Waals surface area contributed by atoms with E-state index >= 15 is 0 Å². The molecule has 3 saturated carbocycles. The van der Waals surface area contributed by atoms with E-state index in [-0.39, 0.29) is 28.3 Å². The molecule has 1 heterocycles. The van der Waals surface area contributed by atoms with Gasteiger partial charge < -0.3 is 9.84 Å². The van der Waals surface area contributed by atoms with E-state index in [1.165, 1.54) is 6.42 Å². The van der Waals surface area contributed by atoms with Crippen LogP contribution in [0.15, 0.2) is 11.6 Å². The van der Waals surface area contributed by atoms with E-state index in [0.29, 0.717) is 23.9 Å². The maximum atomic E-state index is 12.1. The molecule has 1 spiro atoms. The number of fused-ring (bicyclic) bond motifs is 4. The Morgan fingerprint density at radius 3 is 2.79 bits per heavy atom. The molecule has 4 fully saturated rings. The summed E-state index contributed by atoms with van der Waals surface area (Å²) in [6.07, 6.45) is 9.87. The van der Waals surface area contributed by atoms with Gasteiger partial charge in [0, 0.05) is 11.8 Å². The first-order chi connectivity index (χ1) is 11.3. The van der Waals surface area contributed by atoms with Crippen molar-refractivity contribution in [2.24, 2.45) is 28.6 Å². The lowest BCUT2D eigenvalue weighted by atomic mass is 9.44. The second-order valence-electron chi connectivity index (χ2n) is 9.79. The molecule has 0 aromatic rings. The van der Waals surface area contributed by atoms with E-state index in [2.05, 4.69) is 19.9 Å². The highest BCUT2D eigenvalue weighted by Gasteiger charge is 2.75. The Bertz CT molecular complexity index is 639. The molecule has 3 nitrogen and oxygen atoms in total. The average molecular weight is 330 g/mol. The lowest BCUT2D eigenvalue weighted by molar-refractivity contribution is -0.119. The molecule has 8 atom stereocenters. The zero-order valence-electron chi connectivity index (χ0n) is 15.2. The van der Waals surface area contributed by atoms with E-state index in [9.17, 15) is 9.90 Å². The maximum Gasteiger partial charge on any atom is 0.156 e. The smallest absolute Gasteiger partial charge is 0.156 e. The third-order valence-corrected chi connectivity index (χ3v) is 9.02. The van der Waals surface area contributed by atoms with Gasteiger partial charge in [0.25, 0.3) is 0 Å². The predicted octanol–water partition coefficient (Wildman–Crippen LogP) is 3.65. The van der Waals surface area contributed by atoms with Crippen molar-refractivity contribution in [2.45, 2.75) is 83.5 Å². The molecule has 0 unspecified atom stereocenters. The molecule has 4 aliphatic carbocycles. The van der Waals surface area contributed by atoms with Crippen molar-refractivity contribution in [3.05, 3.63) is 11.6 Å². The van der Waals surface area contributed by atoms with Crippen LogP contribution in [-0.4, -0.2) is 28.7 Å². The van der Waals surface area contributed by atoms with Crippen molar-refractivity contribution >= 4 is 5.78 Å². The number of allylic oxidation sites excluding steroid dienone is 2.